The van der Waals surface area contributed by atoms with Crippen molar-refractivity contribution >= 4 is 24.2 Å². The van der Waals surface area contributed by atoms with Gasteiger partial charge in [0.05, 0.1) is 5.92 Å². The first-order valence-electron chi connectivity index (χ1n) is 9.69. The zero-order chi connectivity index (χ0) is 19.6. The van der Waals surface area contributed by atoms with Gasteiger partial charge in [0.1, 0.15) is 12.4 Å². The number of hydrogen-bond donors (Lipinski definition) is 2. The minimum Gasteiger partial charge on any atom is -0.388 e. The average molecular weight is 415 g/mol. The minimum absolute atomic E-state index is 0. The van der Waals surface area contributed by atoms with Crippen molar-refractivity contribution in [3.8, 4) is 0 Å². The number of nitrogens with zero attached hydrogens (tertiary/aromatic N) is 5. The second-order valence-corrected chi connectivity index (χ2v) is 7.75. The number of hydrogen-bond acceptors (Lipinski definition) is 6. The number of amides is 2. The van der Waals surface area contributed by atoms with Crippen LogP contribution in [0.3, 0.4) is 0 Å². The van der Waals surface area contributed by atoms with Gasteiger partial charge in [-0.2, -0.15) is 0 Å². The molecular formula is C18H31ClN6O3. The van der Waals surface area contributed by atoms with Crippen LogP contribution in [0.2, 0.25) is 0 Å². The molecule has 10 heteroatoms. The quantitative estimate of drug-likeness (QED) is 0.720. The van der Waals surface area contributed by atoms with Crippen molar-refractivity contribution < 1.29 is 14.7 Å². The number of rotatable bonds is 3. The summed E-state index contributed by atoms with van der Waals surface area (Å²) in [5.41, 5.74) is 6.06. The van der Waals surface area contributed by atoms with Crippen molar-refractivity contribution in [1.29, 1.82) is 0 Å². The lowest BCUT2D eigenvalue weighted by atomic mass is 9.93. The van der Waals surface area contributed by atoms with Crippen LogP contribution < -0.4 is 5.73 Å². The maximum absolute atomic E-state index is 13.0. The fraction of sp³-hybridized carbons (Fsp3) is 0.778. The van der Waals surface area contributed by atoms with E-state index in [4.69, 9.17) is 5.73 Å². The van der Waals surface area contributed by atoms with Gasteiger partial charge < -0.3 is 25.2 Å². The molecule has 0 bridgehead atoms. The molecule has 0 saturated carbocycles. The zero-order valence-corrected chi connectivity index (χ0v) is 17.4. The zero-order valence-electron chi connectivity index (χ0n) is 16.6. The van der Waals surface area contributed by atoms with Crippen molar-refractivity contribution in [2.45, 2.75) is 51.2 Å². The predicted molar refractivity (Wildman–Crippen MR) is 106 cm³/mol. The minimum atomic E-state index is -0.171. The smallest absolute Gasteiger partial charge is 0.227 e. The molecule has 0 radical (unpaired) electrons. The fourth-order valence-electron chi connectivity index (χ4n) is 4.16. The number of aromatic nitrogens is 3. The monoisotopic (exact) mass is 414 g/mol. The van der Waals surface area contributed by atoms with Crippen LogP contribution in [0.5, 0.6) is 0 Å². The molecule has 3 heterocycles. The molecule has 28 heavy (non-hydrogen) atoms. The van der Waals surface area contributed by atoms with Crippen molar-refractivity contribution in [3.05, 3.63) is 11.6 Å². The number of carbonyl (C=O) groups excluding carboxylic acids is 2. The van der Waals surface area contributed by atoms with Crippen LogP contribution in [0.4, 0.5) is 0 Å². The summed E-state index contributed by atoms with van der Waals surface area (Å²) in [7, 11) is 1.86. The van der Waals surface area contributed by atoms with Gasteiger partial charge in [0.15, 0.2) is 5.82 Å². The van der Waals surface area contributed by atoms with E-state index >= 15 is 0 Å². The number of aliphatic hydroxyl groups is 1. The van der Waals surface area contributed by atoms with Gasteiger partial charge in [-0.1, -0.05) is 0 Å². The van der Waals surface area contributed by atoms with Gasteiger partial charge in [0.2, 0.25) is 11.8 Å². The highest BCUT2D eigenvalue weighted by atomic mass is 35.5. The number of piperidine rings is 1. The molecule has 2 amide bonds. The Morgan fingerprint density at radius 2 is 1.79 bits per heavy atom. The molecule has 2 atom stereocenters. The van der Waals surface area contributed by atoms with E-state index in [1.165, 1.54) is 6.92 Å². The van der Waals surface area contributed by atoms with Gasteiger partial charge in [-0.15, -0.1) is 22.6 Å². The van der Waals surface area contributed by atoms with Crippen LogP contribution in [0.1, 0.15) is 50.2 Å². The third-order valence-electron chi connectivity index (χ3n) is 5.89. The molecule has 2 saturated heterocycles. The van der Waals surface area contributed by atoms with Crippen molar-refractivity contribution in [3.63, 3.8) is 0 Å². The molecule has 2 fully saturated rings. The Bertz CT molecular complexity index is 689. The molecule has 3 N–H and O–H groups in total. The van der Waals surface area contributed by atoms with Crippen LogP contribution in [-0.4, -0.2) is 73.7 Å². The molecule has 9 nitrogen and oxygen atoms in total. The summed E-state index contributed by atoms with van der Waals surface area (Å²) in [6, 6.07) is -0.0610. The van der Waals surface area contributed by atoms with Gasteiger partial charge in [0, 0.05) is 52.1 Å². The van der Waals surface area contributed by atoms with E-state index in [9.17, 15) is 14.7 Å². The van der Waals surface area contributed by atoms with E-state index in [1.807, 2.05) is 16.5 Å². The van der Waals surface area contributed by atoms with Crippen LogP contribution in [0.25, 0.3) is 0 Å². The molecule has 0 spiro atoms. The first-order valence-corrected chi connectivity index (χ1v) is 9.69. The topological polar surface area (TPSA) is 118 Å². The summed E-state index contributed by atoms with van der Waals surface area (Å²) >= 11 is 0. The van der Waals surface area contributed by atoms with E-state index in [0.29, 0.717) is 32.0 Å². The normalized spacial score (nSPS) is 23.9. The summed E-state index contributed by atoms with van der Waals surface area (Å²) in [5.74, 6) is 1.60. The molecule has 0 aromatic carbocycles. The van der Waals surface area contributed by atoms with Gasteiger partial charge in [-0.05, 0) is 25.7 Å². The van der Waals surface area contributed by atoms with Crippen LogP contribution in [-0.2, 0) is 23.2 Å². The van der Waals surface area contributed by atoms with Crippen molar-refractivity contribution in [1.82, 2.24) is 24.6 Å². The molecule has 0 aliphatic carbocycles. The second kappa shape index (κ2) is 9.67. The van der Waals surface area contributed by atoms with Crippen LogP contribution >= 0.6 is 12.4 Å². The van der Waals surface area contributed by atoms with Gasteiger partial charge in [-0.3, -0.25) is 9.59 Å². The summed E-state index contributed by atoms with van der Waals surface area (Å²) in [4.78, 5) is 28.5. The highest BCUT2D eigenvalue weighted by Crippen LogP contribution is 2.28. The number of likely N-dealkylation sites (tertiary alicyclic amines) is 2. The molecule has 2 aliphatic rings. The Hall–Kier alpha value is -1.71. The lowest BCUT2D eigenvalue weighted by molar-refractivity contribution is -0.138. The SMILES string of the molecule is CC(=O)N1C[C@@H](N)CC[C@@H](C(=O)N2CCC(c3nnc(CO)n3C)CC2)C1.Cl. The molecule has 158 valence electrons. The third-order valence-corrected chi connectivity index (χ3v) is 5.89. The molecular weight excluding hydrogens is 384 g/mol. The third kappa shape index (κ3) is 4.82. The molecule has 2 aliphatic heterocycles. The van der Waals surface area contributed by atoms with E-state index in [0.717, 1.165) is 31.5 Å². The molecule has 1 aromatic rings. The maximum Gasteiger partial charge on any atom is 0.227 e. The summed E-state index contributed by atoms with van der Waals surface area (Å²) in [5, 5.41) is 17.5. The number of halogens is 1. The van der Waals surface area contributed by atoms with E-state index in [-0.39, 0.29) is 48.7 Å². The van der Waals surface area contributed by atoms with Crippen LogP contribution in [0.15, 0.2) is 0 Å². The largest absolute Gasteiger partial charge is 0.388 e. The van der Waals surface area contributed by atoms with Crippen LogP contribution in [0, 0.1) is 5.92 Å². The lowest BCUT2D eigenvalue weighted by Crippen LogP contribution is -2.45. The van der Waals surface area contributed by atoms with E-state index in [2.05, 4.69) is 10.2 Å². The lowest BCUT2D eigenvalue weighted by Gasteiger charge is -2.34. The predicted octanol–water partition coefficient (Wildman–Crippen LogP) is 0.0210. The van der Waals surface area contributed by atoms with Crippen molar-refractivity contribution in [2.24, 2.45) is 18.7 Å². The Labute approximate surface area is 171 Å². The number of nitrogens with two attached hydrogens (primary N) is 1. The highest BCUT2D eigenvalue weighted by molar-refractivity contribution is 5.85. The molecule has 3 rings (SSSR count). The first kappa shape index (κ1) is 22.6. The van der Waals surface area contributed by atoms with Gasteiger partial charge in [-0.25, -0.2) is 0 Å². The standard InChI is InChI=1S/C18H30N6O3.ClH/c1-12(26)24-9-14(3-4-15(19)10-24)18(27)23-7-5-13(6-8-23)17-21-20-16(11-25)22(17)2;/h13-15,25H,3-11,19H2,1-2H3;1H/t14-,15+;/m1./s1. The van der Waals surface area contributed by atoms with E-state index < -0.39 is 0 Å². The molecule has 1 aromatic heterocycles. The Morgan fingerprint density at radius 3 is 2.36 bits per heavy atom. The summed E-state index contributed by atoms with van der Waals surface area (Å²) in [6.07, 6.45) is 3.14. The Kier molecular flexibility index (Phi) is 7.79. The van der Waals surface area contributed by atoms with Crippen molar-refractivity contribution in [2.75, 3.05) is 26.2 Å². The number of aliphatic hydroxyl groups excluding tert-OH is 1. The maximum atomic E-state index is 13.0. The fourth-order valence-corrected chi connectivity index (χ4v) is 4.16. The Morgan fingerprint density at radius 1 is 1.11 bits per heavy atom. The first-order chi connectivity index (χ1) is 12.9. The summed E-state index contributed by atoms with van der Waals surface area (Å²) in [6.45, 7) is 3.75. The Balaban J connectivity index is 0.00000280. The van der Waals surface area contributed by atoms with E-state index in [1.54, 1.807) is 4.90 Å². The van der Waals surface area contributed by atoms with Gasteiger partial charge >= 0.3 is 0 Å². The van der Waals surface area contributed by atoms with Gasteiger partial charge in [0.25, 0.3) is 0 Å². The molecule has 0 unspecified atom stereocenters. The average Bonchev–Trinajstić information content (AvgIpc) is 2.91. The highest BCUT2D eigenvalue weighted by Gasteiger charge is 2.33. The second-order valence-electron chi connectivity index (χ2n) is 7.75. The number of carbonyl (C=O) groups is 2. The summed E-state index contributed by atoms with van der Waals surface area (Å²) < 4.78 is 1.85.